The van der Waals surface area contributed by atoms with E-state index < -0.39 is 10.0 Å². The fourth-order valence-electron chi connectivity index (χ4n) is 2.70. The number of halogens is 1. The SMILES string of the molecule is COc1ccc(S(=O)(=O)N2CCOCC2)cc1NC(=S)Nc1ccc(Cl)cc1. The molecule has 1 saturated heterocycles. The van der Waals surface area contributed by atoms with Gasteiger partial charge in [-0.2, -0.15) is 4.31 Å². The number of rotatable bonds is 5. The summed E-state index contributed by atoms with van der Waals surface area (Å²) in [6, 6.07) is 11.7. The number of thiocarbonyl (C=S) groups is 1. The average Bonchev–Trinajstić information content (AvgIpc) is 2.70. The fourth-order valence-corrected chi connectivity index (χ4v) is 4.49. The van der Waals surface area contributed by atoms with Gasteiger partial charge in [0.15, 0.2) is 5.11 Å². The molecule has 7 nitrogen and oxygen atoms in total. The Labute approximate surface area is 174 Å². The van der Waals surface area contributed by atoms with Crippen LogP contribution in [0.3, 0.4) is 0 Å². The van der Waals surface area contributed by atoms with E-state index in [-0.39, 0.29) is 4.90 Å². The summed E-state index contributed by atoms with van der Waals surface area (Å²) in [4.78, 5) is 0.159. The van der Waals surface area contributed by atoms with Crippen LogP contribution in [-0.4, -0.2) is 51.2 Å². The molecule has 150 valence electrons. The van der Waals surface area contributed by atoms with Gasteiger partial charge in [0.25, 0.3) is 0 Å². The molecule has 1 aliphatic rings. The number of hydrogen-bond acceptors (Lipinski definition) is 5. The van der Waals surface area contributed by atoms with Crippen molar-refractivity contribution < 1.29 is 17.9 Å². The van der Waals surface area contributed by atoms with Gasteiger partial charge in [-0.3, -0.25) is 0 Å². The largest absolute Gasteiger partial charge is 0.495 e. The number of ether oxygens (including phenoxy) is 2. The van der Waals surface area contributed by atoms with Gasteiger partial charge in [-0.25, -0.2) is 8.42 Å². The van der Waals surface area contributed by atoms with Crippen molar-refractivity contribution in [1.82, 2.24) is 4.31 Å². The van der Waals surface area contributed by atoms with E-state index in [0.29, 0.717) is 47.9 Å². The molecule has 28 heavy (non-hydrogen) atoms. The molecule has 0 radical (unpaired) electrons. The number of morpholine rings is 1. The van der Waals surface area contributed by atoms with Gasteiger partial charge in [0.05, 0.1) is 30.9 Å². The zero-order valence-corrected chi connectivity index (χ0v) is 17.5. The van der Waals surface area contributed by atoms with E-state index in [9.17, 15) is 8.42 Å². The molecule has 0 aromatic heterocycles. The maximum atomic E-state index is 12.9. The average molecular weight is 442 g/mol. The highest BCUT2D eigenvalue weighted by molar-refractivity contribution is 7.89. The van der Waals surface area contributed by atoms with Crippen LogP contribution in [0.15, 0.2) is 47.4 Å². The minimum atomic E-state index is -3.63. The molecule has 2 N–H and O–H groups in total. The second-order valence-corrected chi connectivity index (χ2v) is 8.75. The summed E-state index contributed by atoms with van der Waals surface area (Å²) in [5, 5.41) is 6.93. The molecule has 2 aromatic carbocycles. The number of benzene rings is 2. The first-order chi connectivity index (χ1) is 13.4. The highest BCUT2D eigenvalue weighted by Crippen LogP contribution is 2.29. The van der Waals surface area contributed by atoms with E-state index in [4.69, 9.17) is 33.3 Å². The first-order valence-corrected chi connectivity index (χ1v) is 10.7. The van der Waals surface area contributed by atoms with Gasteiger partial charge in [0.1, 0.15) is 5.75 Å². The minimum absolute atomic E-state index is 0.159. The first-order valence-electron chi connectivity index (χ1n) is 8.49. The van der Waals surface area contributed by atoms with Crippen LogP contribution in [0.25, 0.3) is 0 Å². The van der Waals surface area contributed by atoms with Crippen molar-refractivity contribution in [1.29, 1.82) is 0 Å². The highest BCUT2D eigenvalue weighted by Gasteiger charge is 2.27. The van der Waals surface area contributed by atoms with Gasteiger partial charge in [-0.05, 0) is 54.7 Å². The van der Waals surface area contributed by atoms with Crippen molar-refractivity contribution >= 4 is 50.3 Å². The predicted molar refractivity (Wildman–Crippen MR) is 114 cm³/mol. The normalized spacial score (nSPS) is 15.1. The van der Waals surface area contributed by atoms with Crippen LogP contribution in [-0.2, 0) is 14.8 Å². The molecule has 1 heterocycles. The first kappa shape index (κ1) is 20.8. The monoisotopic (exact) mass is 441 g/mol. The van der Waals surface area contributed by atoms with E-state index >= 15 is 0 Å². The zero-order valence-electron chi connectivity index (χ0n) is 15.1. The number of methoxy groups -OCH3 is 1. The molecule has 0 aliphatic carbocycles. The van der Waals surface area contributed by atoms with Crippen molar-refractivity contribution in [3.8, 4) is 5.75 Å². The maximum Gasteiger partial charge on any atom is 0.243 e. The topological polar surface area (TPSA) is 79.9 Å². The molecule has 0 saturated carbocycles. The quantitative estimate of drug-likeness (QED) is 0.690. The zero-order chi connectivity index (χ0) is 20.1. The van der Waals surface area contributed by atoms with Crippen molar-refractivity contribution in [2.75, 3.05) is 44.0 Å². The Hall–Kier alpha value is -1.91. The van der Waals surface area contributed by atoms with Gasteiger partial charge in [-0.15, -0.1) is 0 Å². The van der Waals surface area contributed by atoms with E-state index in [1.54, 1.807) is 30.3 Å². The highest BCUT2D eigenvalue weighted by atomic mass is 35.5. The molecule has 1 fully saturated rings. The number of anilines is 2. The van der Waals surface area contributed by atoms with Crippen LogP contribution in [0.2, 0.25) is 5.02 Å². The molecule has 10 heteroatoms. The lowest BCUT2D eigenvalue weighted by Crippen LogP contribution is -2.40. The lowest BCUT2D eigenvalue weighted by atomic mass is 10.3. The Morgan fingerprint density at radius 1 is 1.14 bits per heavy atom. The predicted octanol–water partition coefficient (Wildman–Crippen LogP) is 3.18. The van der Waals surface area contributed by atoms with Crippen LogP contribution in [0.4, 0.5) is 11.4 Å². The molecule has 0 unspecified atom stereocenters. The van der Waals surface area contributed by atoms with Crippen LogP contribution in [0.5, 0.6) is 5.75 Å². The summed E-state index contributed by atoms with van der Waals surface area (Å²) < 4.78 is 37.8. The van der Waals surface area contributed by atoms with E-state index in [1.807, 2.05) is 0 Å². The molecular weight excluding hydrogens is 422 g/mol. The Bertz CT molecular complexity index is 946. The number of sulfonamides is 1. The smallest absolute Gasteiger partial charge is 0.243 e. The summed E-state index contributed by atoms with van der Waals surface area (Å²) in [5.41, 5.74) is 1.20. The Morgan fingerprint density at radius 2 is 1.82 bits per heavy atom. The van der Waals surface area contributed by atoms with Gasteiger partial charge < -0.3 is 20.1 Å². The molecule has 2 aromatic rings. The van der Waals surface area contributed by atoms with Gasteiger partial charge >= 0.3 is 0 Å². The minimum Gasteiger partial charge on any atom is -0.495 e. The second kappa shape index (κ2) is 9.06. The van der Waals surface area contributed by atoms with Crippen LogP contribution in [0, 0.1) is 0 Å². The maximum absolute atomic E-state index is 12.9. The van der Waals surface area contributed by atoms with E-state index in [0.717, 1.165) is 5.69 Å². The van der Waals surface area contributed by atoms with E-state index in [2.05, 4.69) is 10.6 Å². The van der Waals surface area contributed by atoms with Crippen LogP contribution < -0.4 is 15.4 Å². The summed E-state index contributed by atoms with van der Waals surface area (Å²) >= 11 is 11.2. The third-order valence-electron chi connectivity index (χ3n) is 4.13. The Balaban J connectivity index is 1.80. The fraction of sp³-hybridized carbons (Fsp3) is 0.278. The third-order valence-corrected chi connectivity index (χ3v) is 6.48. The molecule has 0 atom stereocenters. The van der Waals surface area contributed by atoms with Crippen LogP contribution >= 0.6 is 23.8 Å². The van der Waals surface area contributed by atoms with Crippen molar-refractivity contribution in [3.63, 3.8) is 0 Å². The standard InChI is InChI=1S/C18H20ClN3O4S2/c1-25-17-7-6-15(28(23,24)22-8-10-26-11-9-22)12-16(17)21-18(27)20-14-4-2-13(19)3-5-14/h2-7,12H,8-11H2,1H3,(H2,20,21,27). The van der Waals surface area contributed by atoms with Gasteiger partial charge in [0, 0.05) is 23.8 Å². The number of nitrogens with one attached hydrogen (secondary N) is 2. The number of hydrogen-bond donors (Lipinski definition) is 2. The second-order valence-electron chi connectivity index (χ2n) is 5.96. The third kappa shape index (κ3) is 4.92. The summed E-state index contributed by atoms with van der Waals surface area (Å²) in [7, 11) is -2.12. The molecule has 0 amide bonds. The van der Waals surface area contributed by atoms with Gasteiger partial charge in [0.2, 0.25) is 10.0 Å². The molecular formula is C18H20ClN3O4S2. The summed E-state index contributed by atoms with van der Waals surface area (Å²) in [6.45, 7) is 1.42. The van der Waals surface area contributed by atoms with E-state index in [1.165, 1.54) is 23.5 Å². The molecule has 1 aliphatic heterocycles. The Kier molecular flexibility index (Phi) is 6.73. The summed E-state index contributed by atoms with van der Waals surface area (Å²) in [5.74, 6) is 0.473. The van der Waals surface area contributed by atoms with Crippen molar-refractivity contribution in [3.05, 3.63) is 47.5 Å². The van der Waals surface area contributed by atoms with Crippen molar-refractivity contribution in [2.24, 2.45) is 0 Å². The Morgan fingerprint density at radius 3 is 2.46 bits per heavy atom. The molecule has 0 bridgehead atoms. The van der Waals surface area contributed by atoms with Gasteiger partial charge in [-0.1, -0.05) is 11.6 Å². The lowest BCUT2D eigenvalue weighted by molar-refractivity contribution is 0.0730. The molecule has 0 spiro atoms. The van der Waals surface area contributed by atoms with Crippen molar-refractivity contribution in [2.45, 2.75) is 4.90 Å². The summed E-state index contributed by atoms with van der Waals surface area (Å²) in [6.07, 6.45) is 0. The number of nitrogens with zero attached hydrogens (tertiary/aromatic N) is 1. The molecule has 3 rings (SSSR count). The van der Waals surface area contributed by atoms with Crippen LogP contribution in [0.1, 0.15) is 0 Å². The lowest BCUT2D eigenvalue weighted by Gasteiger charge is -2.26.